The number of carbonyl (C=O) groups excluding carboxylic acids is 3. The molecular formula is C26H30N4O5S2. The van der Waals surface area contributed by atoms with E-state index >= 15 is 0 Å². The van der Waals surface area contributed by atoms with Gasteiger partial charge in [-0.05, 0) is 75.6 Å². The molecule has 9 nitrogen and oxygen atoms in total. The molecule has 0 fully saturated rings. The normalized spacial score (nSPS) is 14.2. The first-order valence-electron chi connectivity index (χ1n) is 12.1. The largest absolute Gasteiger partial charge is 0.465 e. The van der Waals surface area contributed by atoms with E-state index in [1.54, 1.807) is 24.3 Å². The Kier molecular flexibility index (Phi) is 8.65. The van der Waals surface area contributed by atoms with E-state index in [1.807, 2.05) is 17.7 Å². The maximum atomic E-state index is 13.0. The molecule has 0 spiro atoms. The molecule has 0 bridgehead atoms. The Balaban J connectivity index is 1.46. The van der Waals surface area contributed by atoms with Gasteiger partial charge in [-0.1, -0.05) is 24.6 Å². The number of carbonyl (C=O) groups is 3. The SMILES string of the molecule is COC(=O)c1c(NC(=O)C(C)OC(=O)c2ccc(-n3c(C)nnc3SC)cc2)sc2c1CCCCCC2. The lowest BCUT2D eigenvalue weighted by Gasteiger charge is -2.14. The van der Waals surface area contributed by atoms with Gasteiger partial charge in [0.25, 0.3) is 5.91 Å². The number of nitrogens with zero attached hydrogens (tertiary/aromatic N) is 3. The predicted molar refractivity (Wildman–Crippen MR) is 143 cm³/mol. The molecule has 0 aliphatic heterocycles. The van der Waals surface area contributed by atoms with Gasteiger partial charge < -0.3 is 14.8 Å². The smallest absolute Gasteiger partial charge is 0.341 e. The second kappa shape index (κ2) is 11.9. The second-order valence-electron chi connectivity index (χ2n) is 8.77. The fourth-order valence-electron chi connectivity index (χ4n) is 4.34. The Morgan fingerprint density at radius 1 is 1.05 bits per heavy atom. The number of nitrogens with one attached hydrogen (secondary N) is 1. The van der Waals surface area contributed by atoms with Crippen molar-refractivity contribution in [3.8, 4) is 5.69 Å². The number of thioether (sulfide) groups is 1. The van der Waals surface area contributed by atoms with Crippen LogP contribution in [0.5, 0.6) is 0 Å². The van der Waals surface area contributed by atoms with Gasteiger partial charge >= 0.3 is 11.9 Å². The van der Waals surface area contributed by atoms with Crippen molar-refractivity contribution in [1.29, 1.82) is 0 Å². The second-order valence-corrected chi connectivity index (χ2v) is 10.6. The molecule has 196 valence electrons. The molecule has 1 aliphatic carbocycles. The number of anilines is 1. The summed E-state index contributed by atoms with van der Waals surface area (Å²) in [4.78, 5) is 39.4. The van der Waals surface area contributed by atoms with Gasteiger partial charge in [0, 0.05) is 10.6 Å². The summed E-state index contributed by atoms with van der Waals surface area (Å²) in [5.41, 5.74) is 2.51. The first-order valence-corrected chi connectivity index (χ1v) is 14.2. The maximum absolute atomic E-state index is 13.0. The molecular weight excluding hydrogens is 512 g/mol. The van der Waals surface area contributed by atoms with Crippen molar-refractivity contribution in [2.24, 2.45) is 0 Å². The van der Waals surface area contributed by atoms with Crippen molar-refractivity contribution >= 4 is 45.9 Å². The summed E-state index contributed by atoms with van der Waals surface area (Å²) < 4.78 is 12.3. The Morgan fingerprint density at radius 3 is 2.43 bits per heavy atom. The van der Waals surface area contributed by atoms with Crippen LogP contribution in [0.15, 0.2) is 29.4 Å². The van der Waals surface area contributed by atoms with Crippen LogP contribution >= 0.6 is 23.1 Å². The van der Waals surface area contributed by atoms with Crippen LogP contribution in [0, 0.1) is 6.92 Å². The number of aromatic nitrogens is 3. The topological polar surface area (TPSA) is 112 Å². The Morgan fingerprint density at radius 2 is 1.76 bits per heavy atom. The van der Waals surface area contributed by atoms with Gasteiger partial charge in [-0.15, -0.1) is 21.5 Å². The minimum atomic E-state index is -1.06. The van der Waals surface area contributed by atoms with Gasteiger partial charge in [-0.25, -0.2) is 9.59 Å². The highest BCUT2D eigenvalue weighted by atomic mass is 32.2. The molecule has 37 heavy (non-hydrogen) atoms. The molecule has 1 amide bonds. The third-order valence-electron chi connectivity index (χ3n) is 6.29. The third-order valence-corrected chi connectivity index (χ3v) is 8.13. The van der Waals surface area contributed by atoms with Crippen LogP contribution in [-0.2, 0) is 27.1 Å². The molecule has 0 saturated carbocycles. The lowest BCUT2D eigenvalue weighted by molar-refractivity contribution is -0.123. The van der Waals surface area contributed by atoms with Crippen molar-refractivity contribution in [2.75, 3.05) is 18.7 Å². The number of thiophene rings is 1. The fourth-order valence-corrected chi connectivity index (χ4v) is 6.16. The lowest BCUT2D eigenvalue weighted by atomic mass is 9.96. The third kappa shape index (κ3) is 5.88. The minimum absolute atomic E-state index is 0.314. The summed E-state index contributed by atoms with van der Waals surface area (Å²) in [7, 11) is 1.34. The molecule has 1 unspecified atom stereocenters. The zero-order chi connectivity index (χ0) is 26.5. The molecule has 4 rings (SSSR count). The fraction of sp³-hybridized carbons (Fsp3) is 0.423. The molecule has 3 aromatic rings. The van der Waals surface area contributed by atoms with Crippen molar-refractivity contribution in [1.82, 2.24) is 14.8 Å². The molecule has 1 atom stereocenters. The van der Waals surface area contributed by atoms with Gasteiger partial charge in [0.2, 0.25) is 0 Å². The molecule has 2 heterocycles. The standard InChI is InChI=1S/C26H30N4O5S2/c1-15(35-24(32)17-11-13-18(14-12-17)30-16(2)28-29-26(30)36-4)22(31)27-23-21(25(33)34-3)19-9-7-5-6-8-10-20(19)37-23/h11-15H,5-10H2,1-4H3,(H,27,31). The molecule has 1 N–H and O–H groups in total. The molecule has 2 aromatic heterocycles. The first-order chi connectivity index (χ1) is 17.8. The van der Waals surface area contributed by atoms with Crippen molar-refractivity contribution in [3.05, 3.63) is 51.7 Å². The Bertz CT molecular complexity index is 1300. The van der Waals surface area contributed by atoms with Gasteiger partial charge in [0.05, 0.1) is 18.2 Å². The van der Waals surface area contributed by atoms with Crippen LogP contribution in [0.4, 0.5) is 5.00 Å². The highest BCUT2D eigenvalue weighted by Crippen LogP contribution is 2.37. The molecule has 0 saturated heterocycles. The van der Waals surface area contributed by atoms with Gasteiger partial charge in [0.1, 0.15) is 10.8 Å². The number of benzene rings is 1. The monoisotopic (exact) mass is 542 g/mol. The molecule has 1 aliphatic rings. The summed E-state index contributed by atoms with van der Waals surface area (Å²) in [5.74, 6) is -0.857. The number of amides is 1. The van der Waals surface area contributed by atoms with Crippen molar-refractivity contribution in [2.45, 2.75) is 63.6 Å². The minimum Gasteiger partial charge on any atom is -0.465 e. The summed E-state index contributed by atoms with van der Waals surface area (Å²) in [6.07, 6.45) is 6.80. The zero-order valence-electron chi connectivity index (χ0n) is 21.3. The first kappa shape index (κ1) is 26.9. The number of fused-ring (bicyclic) bond motifs is 1. The van der Waals surface area contributed by atoms with Crippen molar-refractivity contribution < 1.29 is 23.9 Å². The summed E-state index contributed by atoms with van der Waals surface area (Å²) in [6, 6.07) is 6.84. The average Bonchev–Trinajstić information content (AvgIpc) is 3.42. The van der Waals surface area contributed by atoms with Crippen LogP contribution in [0.3, 0.4) is 0 Å². The quantitative estimate of drug-likeness (QED) is 0.328. The van der Waals surface area contributed by atoms with Gasteiger partial charge in [-0.3, -0.25) is 9.36 Å². The van der Waals surface area contributed by atoms with E-state index in [1.165, 1.54) is 37.1 Å². The van der Waals surface area contributed by atoms with Crippen LogP contribution in [0.2, 0.25) is 0 Å². The maximum Gasteiger partial charge on any atom is 0.341 e. The van der Waals surface area contributed by atoms with E-state index in [0.717, 1.165) is 65.6 Å². The average molecular weight is 543 g/mol. The number of methoxy groups -OCH3 is 1. The Hall–Kier alpha value is -3.18. The van der Waals surface area contributed by atoms with E-state index in [2.05, 4.69) is 15.5 Å². The van der Waals surface area contributed by atoms with Crippen LogP contribution in [-0.4, -0.2) is 52.1 Å². The van der Waals surface area contributed by atoms with E-state index in [-0.39, 0.29) is 0 Å². The molecule has 0 radical (unpaired) electrons. The van der Waals surface area contributed by atoms with Crippen LogP contribution in [0.1, 0.15) is 69.6 Å². The molecule has 1 aromatic carbocycles. The lowest BCUT2D eigenvalue weighted by Crippen LogP contribution is -2.30. The number of ether oxygens (including phenoxy) is 2. The highest BCUT2D eigenvalue weighted by molar-refractivity contribution is 7.98. The van der Waals surface area contributed by atoms with Gasteiger partial charge in [-0.2, -0.15) is 0 Å². The van der Waals surface area contributed by atoms with Crippen molar-refractivity contribution in [3.63, 3.8) is 0 Å². The van der Waals surface area contributed by atoms with E-state index < -0.39 is 23.9 Å². The Labute approximate surface area is 224 Å². The summed E-state index contributed by atoms with van der Waals surface area (Å²) >= 11 is 2.88. The van der Waals surface area contributed by atoms with Gasteiger partial charge in [0.15, 0.2) is 11.3 Å². The van der Waals surface area contributed by atoms with E-state index in [4.69, 9.17) is 9.47 Å². The number of hydrogen-bond donors (Lipinski definition) is 1. The molecule has 11 heteroatoms. The van der Waals surface area contributed by atoms with E-state index in [0.29, 0.717) is 16.1 Å². The van der Waals surface area contributed by atoms with E-state index in [9.17, 15) is 14.4 Å². The zero-order valence-corrected chi connectivity index (χ0v) is 23.0. The number of aryl methyl sites for hydroxylation is 2. The number of rotatable bonds is 7. The predicted octanol–water partition coefficient (Wildman–Crippen LogP) is 4.99. The van der Waals surface area contributed by atoms with Crippen LogP contribution < -0.4 is 5.32 Å². The number of esters is 2. The van der Waals surface area contributed by atoms with Crippen LogP contribution in [0.25, 0.3) is 5.69 Å². The number of hydrogen-bond acceptors (Lipinski definition) is 9. The summed E-state index contributed by atoms with van der Waals surface area (Å²) in [5, 5.41) is 12.2. The highest BCUT2D eigenvalue weighted by Gasteiger charge is 2.28. The summed E-state index contributed by atoms with van der Waals surface area (Å²) in [6.45, 7) is 3.36.